The number of piperidine rings is 1. The van der Waals surface area contributed by atoms with Gasteiger partial charge in [-0.05, 0) is 25.7 Å². The van der Waals surface area contributed by atoms with Gasteiger partial charge >= 0.3 is 0 Å². The van der Waals surface area contributed by atoms with Crippen molar-refractivity contribution in [3.8, 4) is 0 Å². The van der Waals surface area contributed by atoms with Crippen molar-refractivity contribution in [2.45, 2.75) is 43.9 Å². The van der Waals surface area contributed by atoms with Crippen LogP contribution in [0.4, 0.5) is 8.78 Å². The molecule has 2 heterocycles. The van der Waals surface area contributed by atoms with Gasteiger partial charge in [0.05, 0.1) is 19.9 Å². The van der Waals surface area contributed by atoms with Crippen LogP contribution in [0.1, 0.15) is 32.1 Å². The first-order valence-electron chi connectivity index (χ1n) is 7.45. The fraction of sp³-hybridized carbons (Fsp3) is 0.929. The Hall–Kier alpha value is -0.750. The number of halogens is 2. The summed E-state index contributed by atoms with van der Waals surface area (Å²) in [6, 6.07) is 0. The minimum absolute atomic E-state index is 0.0771. The summed E-state index contributed by atoms with van der Waals surface area (Å²) in [5, 5.41) is 16.4. The van der Waals surface area contributed by atoms with Crippen molar-refractivity contribution >= 4 is 6.72 Å². The first kappa shape index (κ1) is 15.6. The molecule has 1 spiro atoms. The summed E-state index contributed by atoms with van der Waals surface area (Å²) in [4.78, 5) is 2.00. The van der Waals surface area contributed by atoms with E-state index in [-0.39, 0.29) is 12.0 Å². The summed E-state index contributed by atoms with van der Waals surface area (Å²) < 4.78 is 25.6. The standard InChI is InChI=1S/C14H25F2N3O/c1-17-18-9-6-14(11-18)5-2-3-8-19(14)13(20)12(10-16)4-7-15/h12-13,20H,1-11H2. The fourth-order valence-corrected chi connectivity index (χ4v) is 3.62. The second kappa shape index (κ2) is 6.80. The largest absolute Gasteiger partial charge is 0.378 e. The fourth-order valence-electron chi connectivity index (χ4n) is 3.62. The van der Waals surface area contributed by atoms with Crippen molar-refractivity contribution < 1.29 is 13.9 Å². The lowest BCUT2D eigenvalue weighted by Crippen LogP contribution is -2.59. The van der Waals surface area contributed by atoms with Crippen molar-refractivity contribution in [2.24, 2.45) is 11.0 Å². The van der Waals surface area contributed by atoms with Crippen LogP contribution in [0.5, 0.6) is 0 Å². The molecule has 6 heteroatoms. The molecule has 1 N–H and O–H groups in total. The molecule has 3 atom stereocenters. The van der Waals surface area contributed by atoms with Crippen molar-refractivity contribution in [3.05, 3.63) is 0 Å². The van der Waals surface area contributed by atoms with E-state index in [9.17, 15) is 13.9 Å². The zero-order valence-electron chi connectivity index (χ0n) is 12.0. The predicted octanol–water partition coefficient (Wildman–Crippen LogP) is 1.80. The van der Waals surface area contributed by atoms with Crippen LogP contribution < -0.4 is 0 Å². The Morgan fingerprint density at radius 2 is 2.05 bits per heavy atom. The average Bonchev–Trinajstić information content (AvgIpc) is 2.88. The van der Waals surface area contributed by atoms with Crippen LogP contribution in [0.15, 0.2) is 5.10 Å². The summed E-state index contributed by atoms with van der Waals surface area (Å²) in [5.41, 5.74) is -0.150. The van der Waals surface area contributed by atoms with E-state index in [1.165, 1.54) is 0 Å². The minimum atomic E-state index is -0.902. The number of rotatable bonds is 6. The molecule has 3 unspecified atom stereocenters. The smallest absolute Gasteiger partial charge is 0.113 e. The highest BCUT2D eigenvalue weighted by Gasteiger charge is 2.47. The van der Waals surface area contributed by atoms with Gasteiger partial charge in [-0.25, -0.2) is 0 Å². The number of likely N-dealkylation sites (tertiary alicyclic amines) is 1. The molecule has 2 saturated heterocycles. The zero-order chi connectivity index (χ0) is 14.6. The van der Waals surface area contributed by atoms with Crippen LogP contribution >= 0.6 is 0 Å². The molecule has 0 aromatic carbocycles. The van der Waals surface area contributed by atoms with Crippen LogP contribution in [-0.2, 0) is 0 Å². The third-order valence-electron chi connectivity index (χ3n) is 4.83. The Labute approximate surface area is 119 Å². The minimum Gasteiger partial charge on any atom is -0.378 e. The first-order valence-corrected chi connectivity index (χ1v) is 7.45. The van der Waals surface area contributed by atoms with Gasteiger partial charge in [-0.1, -0.05) is 6.42 Å². The molecule has 0 aliphatic carbocycles. The van der Waals surface area contributed by atoms with E-state index in [0.717, 1.165) is 45.3 Å². The highest BCUT2D eigenvalue weighted by atomic mass is 19.1. The van der Waals surface area contributed by atoms with Gasteiger partial charge in [-0.3, -0.25) is 18.7 Å². The molecule has 0 amide bonds. The number of nitrogens with zero attached hydrogens (tertiary/aromatic N) is 3. The Morgan fingerprint density at radius 3 is 2.65 bits per heavy atom. The molecule has 0 radical (unpaired) electrons. The van der Waals surface area contributed by atoms with Crippen molar-refractivity contribution in [1.29, 1.82) is 0 Å². The number of alkyl halides is 2. The molecule has 116 valence electrons. The molecule has 4 nitrogen and oxygen atoms in total. The maximum atomic E-state index is 13.1. The molecule has 0 aromatic heterocycles. The molecule has 0 saturated carbocycles. The molecule has 2 fully saturated rings. The normalized spacial score (nSPS) is 30.6. The SMILES string of the molecule is C=NN1CCC2(CCCCN2C(O)C(CF)CCF)C1. The van der Waals surface area contributed by atoms with Gasteiger partial charge in [0.1, 0.15) is 6.23 Å². The van der Waals surface area contributed by atoms with Crippen molar-refractivity contribution in [3.63, 3.8) is 0 Å². The molecule has 2 aliphatic heterocycles. The second-order valence-electron chi connectivity index (χ2n) is 5.96. The maximum absolute atomic E-state index is 13.1. The predicted molar refractivity (Wildman–Crippen MR) is 75.1 cm³/mol. The van der Waals surface area contributed by atoms with E-state index in [4.69, 9.17) is 0 Å². The van der Waals surface area contributed by atoms with Crippen molar-refractivity contribution in [1.82, 2.24) is 9.91 Å². The highest BCUT2D eigenvalue weighted by molar-refractivity contribution is 5.23. The molecular formula is C14H25F2N3O. The Bertz CT molecular complexity index is 332. The Kier molecular flexibility index (Phi) is 5.32. The lowest BCUT2D eigenvalue weighted by Gasteiger charge is -2.48. The molecule has 20 heavy (non-hydrogen) atoms. The summed E-state index contributed by atoms with van der Waals surface area (Å²) >= 11 is 0. The van der Waals surface area contributed by atoms with E-state index in [1.54, 1.807) is 0 Å². The van der Waals surface area contributed by atoms with Crippen LogP contribution in [0.3, 0.4) is 0 Å². The van der Waals surface area contributed by atoms with Crippen LogP contribution in [0.25, 0.3) is 0 Å². The second-order valence-corrected chi connectivity index (χ2v) is 5.96. The zero-order valence-corrected chi connectivity index (χ0v) is 12.0. The van der Waals surface area contributed by atoms with E-state index in [1.807, 2.05) is 9.91 Å². The van der Waals surface area contributed by atoms with E-state index in [2.05, 4.69) is 11.8 Å². The number of aliphatic hydroxyl groups is 1. The van der Waals surface area contributed by atoms with Crippen LogP contribution in [0.2, 0.25) is 0 Å². The number of hydrogen-bond donors (Lipinski definition) is 1. The molecule has 0 bridgehead atoms. The summed E-state index contributed by atoms with van der Waals surface area (Å²) in [6.45, 7) is 4.57. The van der Waals surface area contributed by atoms with Gasteiger partial charge in [0.2, 0.25) is 0 Å². The highest BCUT2D eigenvalue weighted by Crippen LogP contribution is 2.39. The Balaban J connectivity index is 2.12. The molecular weight excluding hydrogens is 264 g/mol. The number of hydrazone groups is 1. The topological polar surface area (TPSA) is 39.1 Å². The Morgan fingerprint density at radius 1 is 1.25 bits per heavy atom. The third-order valence-corrected chi connectivity index (χ3v) is 4.83. The third kappa shape index (κ3) is 2.96. The summed E-state index contributed by atoms with van der Waals surface area (Å²) in [7, 11) is 0. The van der Waals surface area contributed by atoms with E-state index >= 15 is 0 Å². The van der Waals surface area contributed by atoms with Crippen molar-refractivity contribution in [2.75, 3.05) is 33.0 Å². The molecule has 0 aromatic rings. The number of hydrogen-bond acceptors (Lipinski definition) is 4. The monoisotopic (exact) mass is 289 g/mol. The summed E-state index contributed by atoms with van der Waals surface area (Å²) in [5.74, 6) is -0.638. The quantitative estimate of drug-likeness (QED) is 0.758. The lowest BCUT2D eigenvalue weighted by molar-refractivity contribution is -0.118. The summed E-state index contributed by atoms with van der Waals surface area (Å²) in [6.07, 6.45) is 3.16. The van der Waals surface area contributed by atoms with E-state index in [0.29, 0.717) is 0 Å². The molecule has 2 rings (SSSR count). The van der Waals surface area contributed by atoms with Gasteiger partial charge in [0.25, 0.3) is 0 Å². The van der Waals surface area contributed by atoms with Gasteiger partial charge in [-0.2, -0.15) is 5.10 Å². The van der Waals surface area contributed by atoms with E-state index < -0.39 is 25.5 Å². The lowest BCUT2D eigenvalue weighted by atomic mass is 9.84. The van der Waals surface area contributed by atoms with Gasteiger partial charge in [0.15, 0.2) is 0 Å². The average molecular weight is 289 g/mol. The molecule has 2 aliphatic rings. The first-order chi connectivity index (χ1) is 9.66. The van der Waals surface area contributed by atoms with Crippen LogP contribution in [-0.4, -0.2) is 66.5 Å². The van der Waals surface area contributed by atoms with Crippen LogP contribution in [0, 0.1) is 5.92 Å². The number of aliphatic hydroxyl groups excluding tert-OH is 1. The van der Waals surface area contributed by atoms with Gasteiger partial charge in [-0.15, -0.1) is 0 Å². The van der Waals surface area contributed by atoms with Gasteiger partial charge < -0.3 is 5.11 Å². The maximum Gasteiger partial charge on any atom is 0.113 e. The van der Waals surface area contributed by atoms with Gasteiger partial charge in [0, 0.05) is 31.3 Å².